The molecule has 0 saturated carbocycles. The summed E-state index contributed by atoms with van der Waals surface area (Å²) in [5.41, 5.74) is 0. The molecule has 0 amide bonds. The van der Waals surface area contributed by atoms with Crippen molar-refractivity contribution < 1.29 is 8.42 Å². The van der Waals surface area contributed by atoms with Gasteiger partial charge >= 0.3 is 0 Å². The first-order valence-electron chi connectivity index (χ1n) is 2.86. The van der Waals surface area contributed by atoms with Crippen LogP contribution >= 0.6 is 23.8 Å². The van der Waals surface area contributed by atoms with Gasteiger partial charge in [-0.2, -0.15) is 0 Å². The SMILES string of the molecule is CS(=O)(=O)c1nc(=S)cc(Cl)[nH]1. The first-order chi connectivity index (χ1) is 5.39. The Bertz CT molecular complexity index is 451. The molecule has 1 N–H and O–H groups in total. The fraction of sp³-hybridized carbons (Fsp3) is 0.200. The fourth-order valence-electron chi connectivity index (χ4n) is 0.583. The van der Waals surface area contributed by atoms with E-state index in [1.807, 2.05) is 0 Å². The number of sulfone groups is 1. The molecule has 0 aromatic carbocycles. The molecule has 0 aliphatic heterocycles. The Kier molecular flexibility index (Phi) is 2.50. The van der Waals surface area contributed by atoms with Crippen LogP contribution in [-0.2, 0) is 9.84 Å². The van der Waals surface area contributed by atoms with Crippen molar-refractivity contribution in [2.24, 2.45) is 0 Å². The van der Waals surface area contributed by atoms with Gasteiger partial charge < -0.3 is 4.98 Å². The molecular formula is C5H5ClN2O2S2. The molecule has 0 aliphatic carbocycles. The van der Waals surface area contributed by atoms with Crippen molar-refractivity contribution >= 4 is 33.7 Å². The Morgan fingerprint density at radius 1 is 1.67 bits per heavy atom. The van der Waals surface area contributed by atoms with Crippen LogP contribution in [0.2, 0.25) is 5.15 Å². The Hall–Kier alpha value is -0.460. The van der Waals surface area contributed by atoms with Gasteiger partial charge in [0.2, 0.25) is 15.0 Å². The Morgan fingerprint density at radius 3 is 2.67 bits per heavy atom. The van der Waals surface area contributed by atoms with Gasteiger partial charge in [-0.05, 0) is 0 Å². The zero-order valence-electron chi connectivity index (χ0n) is 6.04. The van der Waals surface area contributed by atoms with Crippen molar-refractivity contribution in [1.29, 1.82) is 0 Å². The molecule has 1 heterocycles. The second kappa shape index (κ2) is 3.12. The number of rotatable bonds is 1. The number of nitrogens with one attached hydrogen (secondary N) is 1. The third kappa shape index (κ3) is 2.26. The predicted octanol–water partition coefficient (Wildman–Crippen LogP) is 1.20. The summed E-state index contributed by atoms with van der Waals surface area (Å²) in [6, 6.07) is 1.37. The van der Waals surface area contributed by atoms with E-state index in [1.165, 1.54) is 6.07 Å². The van der Waals surface area contributed by atoms with E-state index in [2.05, 4.69) is 22.2 Å². The normalized spacial score (nSPS) is 11.5. The summed E-state index contributed by atoms with van der Waals surface area (Å²) >= 11 is 10.2. The van der Waals surface area contributed by atoms with Gasteiger partial charge in [0.25, 0.3) is 0 Å². The average Bonchev–Trinajstić information content (AvgIpc) is 1.82. The highest BCUT2D eigenvalue weighted by atomic mass is 35.5. The minimum atomic E-state index is -3.37. The minimum Gasteiger partial charge on any atom is -0.321 e. The van der Waals surface area contributed by atoms with Crippen LogP contribution in [0.5, 0.6) is 0 Å². The summed E-state index contributed by atoms with van der Waals surface area (Å²) in [6.45, 7) is 0. The van der Waals surface area contributed by atoms with Gasteiger partial charge in [-0.25, -0.2) is 13.4 Å². The van der Waals surface area contributed by atoms with Crippen molar-refractivity contribution in [3.63, 3.8) is 0 Å². The van der Waals surface area contributed by atoms with Gasteiger partial charge in [-0.1, -0.05) is 23.8 Å². The second-order valence-corrected chi connectivity index (χ2v) is 4.90. The molecule has 0 radical (unpaired) electrons. The molecule has 1 aromatic heterocycles. The van der Waals surface area contributed by atoms with Gasteiger partial charge in [0.05, 0.1) is 0 Å². The molecule has 1 rings (SSSR count). The lowest BCUT2D eigenvalue weighted by atomic mass is 10.7. The van der Waals surface area contributed by atoms with E-state index in [0.29, 0.717) is 0 Å². The van der Waals surface area contributed by atoms with E-state index in [0.717, 1.165) is 6.26 Å². The third-order valence-corrected chi connectivity index (χ3v) is 2.35. The summed E-state index contributed by atoms with van der Waals surface area (Å²) in [4.78, 5) is 5.98. The minimum absolute atomic E-state index is 0.152. The van der Waals surface area contributed by atoms with Crippen molar-refractivity contribution in [1.82, 2.24) is 9.97 Å². The van der Waals surface area contributed by atoms with Gasteiger partial charge in [-0.15, -0.1) is 0 Å². The quantitative estimate of drug-likeness (QED) is 0.442. The highest BCUT2D eigenvalue weighted by Crippen LogP contribution is 2.07. The number of H-pyrrole nitrogens is 1. The molecule has 1 aromatic rings. The molecule has 0 aliphatic rings. The van der Waals surface area contributed by atoms with Crippen LogP contribution in [0.4, 0.5) is 0 Å². The number of aromatic amines is 1. The maximum Gasteiger partial charge on any atom is 0.227 e. The van der Waals surface area contributed by atoms with Crippen molar-refractivity contribution in [2.75, 3.05) is 6.26 Å². The topological polar surface area (TPSA) is 62.8 Å². The largest absolute Gasteiger partial charge is 0.321 e. The van der Waals surface area contributed by atoms with E-state index in [-0.39, 0.29) is 15.0 Å². The number of hydrogen-bond donors (Lipinski definition) is 1. The summed E-state index contributed by atoms with van der Waals surface area (Å²) in [5, 5.41) is -0.0459. The zero-order chi connectivity index (χ0) is 9.35. The molecule has 0 bridgehead atoms. The van der Waals surface area contributed by atoms with Gasteiger partial charge in [-0.3, -0.25) is 0 Å². The Labute approximate surface area is 79.5 Å². The lowest BCUT2D eigenvalue weighted by Gasteiger charge is -1.97. The molecule has 0 spiro atoms. The molecule has 66 valence electrons. The Morgan fingerprint density at radius 2 is 2.25 bits per heavy atom. The molecule has 4 nitrogen and oxygen atoms in total. The molecule has 0 unspecified atom stereocenters. The first kappa shape index (κ1) is 9.63. The summed E-state index contributed by atoms with van der Waals surface area (Å²) in [7, 11) is -3.37. The zero-order valence-corrected chi connectivity index (χ0v) is 8.42. The molecule has 0 atom stereocenters. The van der Waals surface area contributed by atoms with Crippen LogP contribution in [0.25, 0.3) is 0 Å². The van der Waals surface area contributed by atoms with Crippen LogP contribution in [0, 0.1) is 4.64 Å². The van der Waals surface area contributed by atoms with Gasteiger partial charge in [0, 0.05) is 12.3 Å². The fourth-order valence-corrected chi connectivity index (χ4v) is 1.72. The standard InChI is InChI=1S/C5H5ClN2O2S2/c1-12(9,10)5-7-3(6)2-4(11)8-5/h2H,1H3,(H,7,8,11). The van der Waals surface area contributed by atoms with Crippen LogP contribution in [-0.4, -0.2) is 24.6 Å². The van der Waals surface area contributed by atoms with Crippen LogP contribution < -0.4 is 0 Å². The van der Waals surface area contributed by atoms with Crippen LogP contribution in [0.15, 0.2) is 11.2 Å². The smallest absolute Gasteiger partial charge is 0.227 e. The lowest BCUT2D eigenvalue weighted by Crippen LogP contribution is -2.03. The molecule has 7 heteroatoms. The van der Waals surface area contributed by atoms with Gasteiger partial charge in [0.15, 0.2) is 0 Å². The Balaban J connectivity index is 3.48. The van der Waals surface area contributed by atoms with E-state index in [4.69, 9.17) is 11.6 Å². The van der Waals surface area contributed by atoms with E-state index in [1.54, 1.807) is 0 Å². The maximum absolute atomic E-state index is 10.9. The average molecular weight is 225 g/mol. The summed E-state index contributed by atoms with van der Waals surface area (Å²) < 4.78 is 22.0. The van der Waals surface area contributed by atoms with Crippen LogP contribution in [0.1, 0.15) is 0 Å². The molecule has 12 heavy (non-hydrogen) atoms. The predicted molar refractivity (Wildman–Crippen MR) is 47.5 cm³/mol. The van der Waals surface area contributed by atoms with Crippen molar-refractivity contribution in [2.45, 2.75) is 5.16 Å². The van der Waals surface area contributed by atoms with Crippen molar-refractivity contribution in [3.05, 3.63) is 15.9 Å². The lowest BCUT2D eigenvalue weighted by molar-refractivity contribution is 0.592. The van der Waals surface area contributed by atoms with Gasteiger partial charge in [0.1, 0.15) is 9.79 Å². The number of halogens is 1. The molecular weight excluding hydrogens is 220 g/mol. The molecule has 0 saturated heterocycles. The summed E-state index contributed by atoms with van der Waals surface area (Å²) in [6.07, 6.45) is 1.02. The van der Waals surface area contributed by atoms with E-state index >= 15 is 0 Å². The number of nitrogens with zero attached hydrogens (tertiary/aromatic N) is 1. The van der Waals surface area contributed by atoms with Crippen molar-refractivity contribution in [3.8, 4) is 0 Å². The second-order valence-electron chi connectivity index (χ2n) is 2.14. The summed E-state index contributed by atoms with van der Waals surface area (Å²) in [5.74, 6) is 0. The monoisotopic (exact) mass is 224 g/mol. The highest BCUT2D eigenvalue weighted by molar-refractivity contribution is 7.90. The first-order valence-corrected chi connectivity index (χ1v) is 5.54. The highest BCUT2D eigenvalue weighted by Gasteiger charge is 2.09. The van der Waals surface area contributed by atoms with Crippen LogP contribution in [0.3, 0.4) is 0 Å². The van der Waals surface area contributed by atoms with E-state index in [9.17, 15) is 8.42 Å². The number of aromatic nitrogens is 2. The number of hydrogen-bond acceptors (Lipinski definition) is 4. The maximum atomic E-state index is 10.9. The molecule has 0 fully saturated rings. The third-order valence-electron chi connectivity index (χ3n) is 1.04. The van der Waals surface area contributed by atoms with E-state index < -0.39 is 9.84 Å².